The normalized spacial score (nSPS) is 10.9. The number of aromatic nitrogens is 3. The van der Waals surface area contributed by atoms with E-state index in [-0.39, 0.29) is 5.92 Å². The van der Waals surface area contributed by atoms with Crippen LogP contribution in [-0.4, -0.2) is 15.0 Å². The van der Waals surface area contributed by atoms with Gasteiger partial charge in [-0.1, -0.05) is 19.1 Å². The molecular weight excluding hydrogens is 276 g/mol. The van der Waals surface area contributed by atoms with E-state index in [2.05, 4.69) is 10.3 Å². The molecule has 0 radical (unpaired) electrons. The quantitative estimate of drug-likeness (QED) is 0.629. The smallest absolute Gasteiger partial charge is 0.189 e. The minimum atomic E-state index is -1.76. The van der Waals surface area contributed by atoms with Crippen molar-refractivity contribution in [1.82, 2.24) is 15.0 Å². The van der Waals surface area contributed by atoms with Gasteiger partial charge in [0.25, 0.3) is 0 Å². The minimum absolute atomic E-state index is 0.0806. The maximum absolute atomic E-state index is 13.8. The Bertz CT molecular complexity index is 686. The number of benzene rings is 1. The third kappa shape index (κ3) is 2.01. The highest BCUT2D eigenvalue weighted by atomic mass is 19.2. The first-order valence-corrected chi connectivity index (χ1v) is 5.57. The summed E-state index contributed by atoms with van der Waals surface area (Å²) < 4.78 is 55.1. The van der Waals surface area contributed by atoms with Gasteiger partial charge in [0.1, 0.15) is 17.3 Å². The summed E-state index contributed by atoms with van der Waals surface area (Å²) in [5, 5.41) is 15.6. The van der Waals surface area contributed by atoms with E-state index in [0.29, 0.717) is 10.4 Å². The summed E-state index contributed by atoms with van der Waals surface area (Å²) in [4.78, 5) is 0. The highest BCUT2D eigenvalue weighted by Crippen LogP contribution is 2.26. The third-order valence-corrected chi connectivity index (χ3v) is 2.68. The van der Waals surface area contributed by atoms with Gasteiger partial charge in [0.2, 0.25) is 0 Å². The van der Waals surface area contributed by atoms with Gasteiger partial charge >= 0.3 is 0 Å². The maximum Gasteiger partial charge on any atom is 0.189 e. The lowest BCUT2D eigenvalue weighted by Crippen LogP contribution is -2.10. The second-order valence-electron chi connectivity index (χ2n) is 4.33. The van der Waals surface area contributed by atoms with Crippen molar-refractivity contribution in [3.05, 3.63) is 40.7 Å². The molecule has 1 aromatic heterocycles. The molecule has 0 amide bonds. The summed E-state index contributed by atoms with van der Waals surface area (Å²) in [6.07, 6.45) is 1.16. The number of hydrogen-bond donors (Lipinski definition) is 0. The molecule has 0 N–H and O–H groups in total. The van der Waals surface area contributed by atoms with E-state index in [4.69, 9.17) is 5.26 Å². The minimum Gasteiger partial charge on any atom is -0.214 e. The molecule has 20 heavy (non-hydrogen) atoms. The van der Waals surface area contributed by atoms with Crippen LogP contribution < -0.4 is 0 Å². The van der Waals surface area contributed by atoms with Crippen LogP contribution in [0.4, 0.5) is 17.6 Å². The second-order valence-corrected chi connectivity index (χ2v) is 4.33. The average molecular weight is 284 g/mol. The first-order valence-electron chi connectivity index (χ1n) is 5.57. The van der Waals surface area contributed by atoms with E-state index in [1.54, 1.807) is 13.8 Å². The molecule has 1 aromatic carbocycles. The summed E-state index contributed by atoms with van der Waals surface area (Å²) >= 11 is 0. The molecule has 8 heteroatoms. The standard InChI is InChI=1S/C12H8F4N4/c1-5(2)7-4-20(19-18-7)12-10(15)8(13)6(3-17)9(14)11(12)16/h4-5H,1-2H3. The van der Waals surface area contributed by atoms with E-state index in [1.807, 2.05) is 0 Å². The highest BCUT2D eigenvalue weighted by molar-refractivity contribution is 5.44. The predicted molar refractivity (Wildman–Crippen MR) is 60.0 cm³/mol. The van der Waals surface area contributed by atoms with Crippen molar-refractivity contribution in [2.45, 2.75) is 19.8 Å². The van der Waals surface area contributed by atoms with E-state index < -0.39 is 34.5 Å². The number of rotatable bonds is 2. The molecular formula is C12H8F4N4. The van der Waals surface area contributed by atoms with Gasteiger partial charge in [0.15, 0.2) is 23.3 Å². The molecule has 0 saturated heterocycles. The topological polar surface area (TPSA) is 54.5 Å². The first kappa shape index (κ1) is 14.0. The Morgan fingerprint density at radius 1 is 1.10 bits per heavy atom. The number of nitriles is 1. The number of hydrogen-bond acceptors (Lipinski definition) is 3. The van der Waals surface area contributed by atoms with Crippen LogP contribution in [0.15, 0.2) is 6.20 Å². The molecule has 104 valence electrons. The average Bonchev–Trinajstić information content (AvgIpc) is 2.87. The van der Waals surface area contributed by atoms with Crippen molar-refractivity contribution in [2.75, 3.05) is 0 Å². The van der Waals surface area contributed by atoms with E-state index >= 15 is 0 Å². The zero-order valence-electron chi connectivity index (χ0n) is 10.5. The van der Waals surface area contributed by atoms with Crippen LogP contribution in [0.2, 0.25) is 0 Å². The summed E-state index contributed by atoms with van der Waals surface area (Å²) in [5.41, 5.74) is -1.96. The van der Waals surface area contributed by atoms with Crippen LogP contribution in [0.5, 0.6) is 0 Å². The Kier molecular flexibility index (Phi) is 3.44. The molecule has 0 spiro atoms. The molecule has 0 aliphatic rings. The molecule has 2 rings (SSSR count). The van der Waals surface area contributed by atoms with E-state index in [9.17, 15) is 17.6 Å². The lowest BCUT2D eigenvalue weighted by atomic mass is 10.1. The summed E-state index contributed by atoms with van der Waals surface area (Å²) in [6, 6.07) is 1.07. The van der Waals surface area contributed by atoms with Gasteiger partial charge in [-0.05, 0) is 5.92 Å². The fourth-order valence-corrected chi connectivity index (χ4v) is 1.57. The Morgan fingerprint density at radius 2 is 1.65 bits per heavy atom. The molecule has 0 fully saturated rings. The zero-order chi connectivity index (χ0) is 15.0. The van der Waals surface area contributed by atoms with Gasteiger partial charge in [-0.2, -0.15) is 5.26 Å². The number of nitrogens with zero attached hydrogens (tertiary/aromatic N) is 4. The summed E-state index contributed by atoms with van der Waals surface area (Å²) in [5.74, 6) is -6.99. The lowest BCUT2D eigenvalue weighted by molar-refractivity contribution is 0.439. The summed E-state index contributed by atoms with van der Waals surface area (Å²) in [6.45, 7) is 3.53. The molecule has 0 unspecified atom stereocenters. The van der Waals surface area contributed by atoms with E-state index in [0.717, 1.165) is 12.3 Å². The Hall–Kier alpha value is -2.43. The van der Waals surface area contributed by atoms with Crippen LogP contribution in [0.25, 0.3) is 5.69 Å². The van der Waals surface area contributed by atoms with Gasteiger partial charge in [0.05, 0.1) is 11.9 Å². The van der Waals surface area contributed by atoms with E-state index in [1.165, 1.54) is 0 Å². The Morgan fingerprint density at radius 3 is 2.05 bits per heavy atom. The van der Waals surface area contributed by atoms with Crippen LogP contribution in [0.3, 0.4) is 0 Å². The summed E-state index contributed by atoms with van der Waals surface area (Å²) in [7, 11) is 0. The van der Waals surface area contributed by atoms with Crippen LogP contribution in [0, 0.1) is 34.6 Å². The Labute approximate surface area is 111 Å². The fraction of sp³-hybridized carbons (Fsp3) is 0.250. The van der Waals surface area contributed by atoms with Gasteiger partial charge in [0, 0.05) is 0 Å². The second kappa shape index (κ2) is 4.92. The first-order chi connectivity index (χ1) is 9.38. The van der Waals surface area contributed by atoms with Gasteiger partial charge in [-0.15, -0.1) is 5.10 Å². The molecule has 2 aromatic rings. The van der Waals surface area contributed by atoms with Crippen LogP contribution in [-0.2, 0) is 0 Å². The fourth-order valence-electron chi connectivity index (χ4n) is 1.57. The monoisotopic (exact) mass is 284 g/mol. The highest BCUT2D eigenvalue weighted by Gasteiger charge is 2.27. The van der Waals surface area contributed by atoms with Crippen molar-refractivity contribution < 1.29 is 17.6 Å². The van der Waals surface area contributed by atoms with Crippen molar-refractivity contribution in [2.24, 2.45) is 0 Å². The lowest BCUT2D eigenvalue weighted by Gasteiger charge is -2.07. The zero-order valence-corrected chi connectivity index (χ0v) is 10.5. The van der Waals surface area contributed by atoms with Gasteiger partial charge < -0.3 is 0 Å². The van der Waals surface area contributed by atoms with Crippen LogP contribution >= 0.6 is 0 Å². The van der Waals surface area contributed by atoms with Gasteiger partial charge in [-0.3, -0.25) is 0 Å². The molecule has 0 bridgehead atoms. The molecule has 0 aliphatic heterocycles. The largest absolute Gasteiger partial charge is 0.214 e. The molecule has 0 saturated carbocycles. The SMILES string of the molecule is CC(C)c1cn(-c2c(F)c(F)c(C#N)c(F)c2F)nn1. The van der Waals surface area contributed by atoms with Crippen molar-refractivity contribution in [3.63, 3.8) is 0 Å². The molecule has 0 atom stereocenters. The molecule has 1 heterocycles. The number of halogens is 4. The van der Waals surface area contributed by atoms with Crippen LogP contribution in [0.1, 0.15) is 31.0 Å². The molecule has 4 nitrogen and oxygen atoms in total. The van der Waals surface area contributed by atoms with Crippen molar-refractivity contribution in [1.29, 1.82) is 5.26 Å². The predicted octanol–water partition coefficient (Wildman–Crippen LogP) is 2.82. The maximum atomic E-state index is 13.8. The van der Waals surface area contributed by atoms with Gasteiger partial charge in [-0.25, -0.2) is 22.2 Å². The molecule has 0 aliphatic carbocycles. The third-order valence-electron chi connectivity index (χ3n) is 2.68. The van der Waals surface area contributed by atoms with Crippen molar-refractivity contribution >= 4 is 0 Å². The van der Waals surface area contributed by atoms with Crippen molar-refractivity contribution in [3.8, 4) is 11.8 Å². The Balaban J connectivity index is 2.72.